The number of halogens is 1. The molecule has 0 aliphatic carbocycles. The summed E-state index contributed by atoms with van der Waals surface area (Å²) in [5.74, 6) is 0.577. The number of nitrogens with zero attached hydrogens (tertiary/aromatic N) is 1. The minimum atomic E-state index is -3.05. The largest absolute Gasteiger partial charge is 0.214 e. The molecule has 0 fully saturated rings. The van der Waals surface area contributed by atoms with Gasteiger partial charge in [0.25, 0.3) is 0 Å². The summed E-state index contributed by atoms with van der Waals surface area (Å²) in [5, 5.41) is 0. The van der Waals surface area contributed by atoms with Crippen molar-refractivity contribution >= 4 is 21.6 Å². The molecule has 1 heterocycles. The summed E-state index contributed by atoms with van der Waals surface area (Å²) in [5.41, 5.74) is 0. The second-order valence-corrected chi connectivity index (χ2v) is 5.44. The molecule has 0 radical (unpaired) electrons. The Morgan fingerprint density at radius 2 is 2.15 bits per heavy atom. The summed E-state index contributed by atoms with van der Waals surface area (Å²) >= 11 is 5.45. The van der Waals surface area contributed by atoms with Gasteiger partial charge in [-0.25, -0.2) is 8.42 Å². The Kier molecular flexibility index (Phi) is 4.22. The highest BCUT2D eigenvalue weighted by Gasteiger charge is 2.20. The zero-order valence-electron chi connectivity index (χ0n) is 7.45. The third kappa shape index (κ3) is 3.29. The van der Waals surface area contributed by atoms with Crippen LogP contribution in [0.3, 0.4) is 0 Å². The van der Waals surface area contributed by atoms with Gasteiger partial charge in [0.1, 0.15) is 0 Å². The molecule has 0 unspecified atom stereocenters. The highest BCUT2D eigenvalue weighted by molar-refractivity contribution is 7.89. The topological polar surface area (TPSA) is 37.4 Å². The van der Waals surface area contributed by atoms with E-state index < -0.39 is 10.0 Å². The first-order valence-electron chi connectivity index (χ1n) is 4.35. The average molecular weight is 224 g/mol. The Labute approximate surface area is 84.4 Å². The molecular formula is C8H14ClNO2S. The van der Waals surface area contributed by atoms with Crippen LogP contribution in [0.25, 0.3) is 0 Å². The van der Waals surface area contributed by atoms with Crippen LogP contribution in [0, 0.1) is 0 Å². The third-order valence-corrected chi connectivity index (χ3v) is 4.14. The molecule has 0 aromatic rings. The monoisotopic (exact) mass is 223 g/mol. The lowest BCUT2D eigenvalue weighted by Crippen LogP contribution is -2.35. The van der Waals surface area contributed by atoms with Gasteiger partial charge in [0.15, 0.2) is 0 Å². The SMILES string of the molecule is O=S(=O)(CCCCl)N1CC=CCC1. The van der Waals surface area contributed by atoms with Crippen LogP contribution in [0.2, 0.25) is 0 Å². The number of alkyl halides is 1. The second-order valence-electron chi connectivity index (χ2n) is 2.98. The van der Waals surface area contributed by atoms with Crippen molar-refractivity contribution in [3.05, 3.63) is 12.2 Å². The van der Waals surface area contributed by atoms with E-state index >= 15 is 0 Å². The van der Waals surface area contributed by atoms with Crippen molar-refractivity contribution in [3.63, 3.8) is 0 Å². The molecule has 0 amide bonds. The van der Waals surface area contributed by atoms with Gasteiger partial charge in [-0.15, -0.1) is 11.6 Å². The fourth-order valence-electron chi connectivity index (χ4n) is 1.24. The van der Waals surface area contributed by atoms with E-state index in [1.807, 2.05) is 12.2 Å². The van der Waals surface area contributed by atoms with Crippen molar-refractivity contribution < 1.29 is 8.42 Å². The van der Waals surface area contributed by atoms with E-state index in [9.17, 15) is 8.42 Å². The Morgan fingerprint density at radius 3 is 2.69 bits per heavy atom. The molecule has 0 bridgehead atoms. The molecule has 13 heavy (non-hydrogen) atoms. The van der Waals surface area contributed by atoms with E-state index in [2.05, 4.69) is 0 Å². The lowest BCUT2D eigenvalue weighted by atomic mass is 10.3. The van der Waals surface area contributed by atoms with E-state index in [1.54, 1.807) is 0 Å². The average Bonchev–Trinajstić information content (AvgIpc) is 2.16. The van der Waals surface area contributed by atoms with Gasteiger partial charge in [0.2, 0.25) is 10.0 Å². The number of sulfonamides is 1. The van der Waals surface area contributed by atoms with E-state index in [0.717, 1.165) is 6.42 Å². The Hall–Kier alpha value is -0.0600. The minimum absolute atomic E-state index is 0.171. The normalized spacial score (nSPS) is 19.2. The predicted octanol–water partition coefficient (Wildman–Crippen LogP) is 1.21. The summed E-state index contributed by atoms with van der Waals surface area (Å²) in [6.45, 7) is 1.13. The standard InChI is InChI=1S/C8H14ClNO2S/c9-5-4-8-13(11,12)10-6-2-1-3-7-10/h1-2H,3-8H2. The fourth-order valence-corrected chi connectivity index (χ4v) is 2.99. The summed E-state index contributed by atoms with van der Waals surface area (Å²) in [7, 11) is -3.05. The maximum Gasteiger partial charge on any atom is 0.214 e. The van der Waals surface area contributed by atoms with E-state index in [0.29, 0.717) is 25.4 Å². The molecule has 1 aliphatic heterocycles. The molecular weight excluding hydrogens is 210 g/mol. The van der Waals surface area contributed by atoms with Crippen LogP contribution in [0.15, 0.2) is 12.2 Å². The first-order valence-corrected chi connectivity index (χ1v) is 6.50. The van der Waals surface area contributed by atoms with Crippen LogP contribution < -0.4 is 0 Å². The molecule has 5 heteroatoms. The van der Waals surface area contributed by atoms with Crippen molar-refractivity contribution in [2.24, 2.45) is 0 Å². The smallest absolute Gasteiger partial charge is 0.212 e. The molecule has 0 spiro atoms. The summed E-state index contributed by atoms with van der Waals surface area (Å²) < 4.78 is 24.7. The number of rotatable bonds is 4. The summed E-state index contributed by atoms with van der Waals surface area (Å²) in [6, 6.07) is 0. The highest BCUT2D eigenvalue weighted by Crippen LogP contribution is 2.09. The van der Waals surface area contributed by atoms with Crippen LogP contribution in [-0.2, 0) is 10.0 Å². The summed E-state index contributed by atoms with van der Waals surface area (Å²) in [4.78, 5) is 0. The fraction of sp³-hybridized carbons (Fsp3) is 0.750. The lowest BCUT2D eigenvalue weighted by Gasteiger charge is -2.22. The molecule has 1 aliphatic rings. The Balaban J connectivity index is 2.53. The highest BCUT2D eigenvalue weighted by atomic mass is 35.5. The maximum absolute atomic E-state index is 11.6. The predicted molar refractivity (Wildman–Crippen MR) is 54.5 cm³/mol. The van der Waals surface area contributed by atoms with Crippen LogP contribution in [0.4, 0.5) is 0 Å². The molecule has 1 rings (SSSR count). The maximum atomic E-state index is 11.6. The van der Waals surface area contributed by atoms with Gasteiger partial charge < -0.3 is 0 Å². The molecule has 0 aromatic heterocycles. The zero-order valence-corrected chi connectivity index (χ0v) is 9.02. The second kappa shape index (κ2) is 4.98. The van der Waals surface area contributed by atoms with Crippen molar-refractivity contribution in [2.75, 3.05) is 24.7 Å². The van der Waals surface area contributed by atoms with E-state index in [-0.39, 0.29) is 5.75 Å². The minimum Gasteiger partial charge on any atom is -0.212 e. The Bertz CT molecular complexity index is 274. The van der Waals surface area contributed by atoms with Gasteiger partial charge in [-0.3, -0.25) is 0 Å². The molecule has 3 nitrogen and oxygen atoms in total. The van der Waals surface area contributed by atoms with Gasteiger partial charge in [0.05, 0.1) is 5.75 Å². The van der Waals surface area contributed by atoms with Gasteiger partial charge in [0, 0.05) is 19.0 Å². The molecule has 0 saturated carbocycles. The molecule has 76 valence electrons. The molecule has 0 atom stereocenters. The first-order chi connectivity index (χ1) is 6.17. The number of hydrogen-bond acceptors (Lipinski definition) is 2. The Morgan fingerprint density at radius 1 is 1.38 bits per heavy atom. The van der Waals surface area contributed by atoms with Crippen molar-refractivity contribution in [2.45, 2.75) is 12.8 Å². The van der Waals surface area contributed by atoms with Crippen LogP contribution in [-0.4, -0.2) is 37.4 Å². The van der Waals surface area contributed by atoms with Crippen molar-refractivity contribution in [3.8, 4) is 0 Å². The van der Waals surface area contributed by atoms with Crippen LogP contribution >= 0.6 is 11.6 Å². The van der Waals surface area contributed by atoms with Crippen LogP contribution in [0.1, 0.15) is 12.8 Å². The van der Waals surface area contributed by atoms with Gasteiger partial charge in [-0.1, -0.05) is 12.2 Å². The molecule has 0 N–H and O–H groups in total. The molecule has 0 saturated heterocycles. The van der Waals surface area contributed by atoms with E-state index in [1.165, 1.54) is 4.31 Å². The van der Waals surface area contributed by atoms with Crippen molar-refractivity contribution in [1.29, 1.82) is 0 Å². The van der Waals surface area contributed by atoms with Gasteiger partial charge >= 0.3 is 0 Å². The molecule has 0 aromatic carbocycles. The van der Waals surface area contributed by atoms with Crippen LogP contribution in [0.5, 0.6) is 0 Å². The number of hydrogen-bond donors (Lipinski definition) is 0. The first kappa shape index (κ1) is 11.0. The quantitative estimate of drug-likeness (QED) is 0.531. The van der Waals surface area contributed by atoms with Gasteiger partial charge in [-0.2, -0.15) is 4.31 Å². The lowest BCUT2D eigenvalue weighted by molar-refractivity contribution is 0.437. The summed E-state index contributed by atoms with van der Waals surface area (Å²) in [6.07, 6.45) is 5.25. The third-order valence-electron chi connectivity index (χ3n) is 1.95. The van der Waals surface area contributed by atoms with E-state index in [4.69, 9.17) is 11.6 Å². The zero-order chi connectivity index (χ0) is 9.73. The van der Waals surface area contributed by atoms with Gasteiger partial charge in [-0.05, 0) is 12.8 Å². The van der Waals surface area contributed by atoms with Crippen molar-refractivity contribution in [1.82, 2.24) is 4.31 Å².